The van der Waals surface area contributed by atoms with E-state index in [1.54, 1.807) is 0 Å². The lowest BCUT2D eigenvalue weighted by atomic mass is 10.1. The zero-order valence-electron chi connectivity index (χ0n) is 19.0. The molecule has 1 fully saturated rings. The number of fused-ring (bicyclic) bond motifs is 1. The number of hydrogen-bond acceptors (Lipinski definition) is 5. The van der Waals surface area contributed by atoms with Gasteiger partial charge in [-0.3, -0.25) is 4.40 Å². The standard InChI is InChI=1S/C26H30N6/c1-4-30-12-14-31(15-13-30)22-10-8-21(9-11-22)23-17-28-26(24-16-27-18-32(23)24)29-25-19(2)6-5-7-20(25)3/h5-11,16-18H,4,12-15H2,1-3H3,(H,28,29). The van der Waals surface area contributed by atoms with Crippen LogP contribution in [0.15, 0.2) is 61.2 Å². The maximum atomic E-state index is 4.78. The van der Waals surface area contributed by atoms with E-state index in [9.17, 15) is 0 Å². The minimum Gasteiger partial charge on any atom is -0.369 e. The number of aromatic nitrogens is 3. The predicted molar refractivity (Wildman–Crippen MR) is 132 cm³/mol. The summed E-state index contributed by atoms with van der Waals surface area (Å²) in [5.74, 6) is 0.814. The Hall–Kier alpha value is -3.38. The highest BCUT2D eigenvalue weighted by Gasteiger charge is 2.16. The average molecular weight is 427 g/mol. The van der Waals surface area contributed by atoms with E-state index in [2.05, 4.69) is 87.7 Å². The summed E-state index contributed by atoms with van der Waals surface area (Å²) < 4.78 is 2.11. The van der Waals surface area contributed by atoms with Crippen molar-refractivity contribution >= 4 is 22.7 Å². The van der Waals surface area contributed by atoms with Gasteiger partial charge in [-0.15, -0.1) is 0 Å². The maximum Gasteiger partial charge on any atom is 0.156 e. The van der Waals surface area contributed by atoms with Crippen molar-refractivity contribution in [3.63, 3.8) is 0 Å². The largest absolute Gasteiger partial charge is 0.369 e. The summed E-state index contributed by atoms with van der Waals surface area (Å²) in [6, 6.07) is 15.1. The molecule has 164 valence electrons. The van der Waals surface area contributed by atoms with Gasteiger partial charge in [0.2, 0.25) is 0 Å². The molecular formula is C26H30N6. The summed E-state index contributed by atoms with van der Waals surface area (Å²) in [5, 5.41) is 3.53. The van der Waals surface area contributed by atoms with E-state index in [4.69, 9.17) is 4.98 Å². The fourth-order valence-electron chi connectivity index (χ4n) is 4.52. The van der Waals surface area contributed by atoms with Crippen molar-refractivity contribution in [2.24, 2.45) is 0 Å². The molecule has 0 unspecified atom stereocenters. The molecule has 6 nitrogen and oxygen atoms in total. The highest BCUT2D eigenvalue weighted by molar-refractivity contribution is 5.78. The molecule has 1 saturated heterocycles. The molecule has 4 aromatic rings. The highest BCUT2D eigenvalue weighted by Crippen LogP contribution is 2.29. The van der Waals surface area contributed by atoms with E-state index in [1.165, 1.54) is 16.8 Å². The number of para-hydroxylation sites is 1. The summed E-state index contributed by atoms with van der Waals surface area (Å²) >= 11 is 0. The van der Waals surface area contributed by atoms with Gasteiger partial charge in [-0.2, -0.15) is 0 Å². The van der Waals surface area contributed by atoms with E-state index in [-0.39, 0.29) is 0 Å². The molecule has 3 heterocycles. The van der Waals surface area contributed by atoms with Gasteiger partial charge in [-0.25, -0.2) is 9.97 Å². The Morgan fingerprint density at radius 1 is 0.906 bits per heavy atom. The number of imidazole rings is 1. The molecule has 0 bridgehead atoms. The molecule has 1 N–H and O–H groups in total. The second kappa shape index (κ2) is 8.63. The van der Waals surface area contributed by atoms with E-state index >= 15 is 0 Å². The van der Waals surface area contributed by atoms with Crippen LogP contribution >= 0.6 is 0 Å². The van der Waals surface area contributed by atoms with Crippen LogP contribution in [0.1, 0.15) is 18.1 Å². The van der Waals surface area contributed by atoms with Crippen LogP contribution in [0, 0.1) is 13.8 Å². The van der Waals surface area contributed by atoms with Crippen molar-refractivity contribution in [1.29, 1.82) is 0 Å². The van der Waals surface area contributed by atoms with Crippen LogP contribution in [0.5, 0.6) is 0 Å². The van der Waals surface area contributed by atoms with Gasteiger partial charge in [0.15, 0.2) is 5.82 Å². The van der Waals surface area contributed by atoms with Crippen LogP contribution in [0.4, 0.5) is 17.2 Å². The van der Waals surface area contributed by atoms with Crippen LogP contribution in [0.2, 0.25) is 0 Å². The fourth-order valence-corrected chi connectivity index (χ4v) is 4.52. The number of hydrogen-bond donors (Lipinski definition) is 1. The number of rotatable bonds is 5. The fraction of sp³-hybridized carbons (Fsp3) is 0.308. The molecule has 0 spiro atoms. The van der Waals surface area contributed by atoms with Gasteiger partial charge in [-0.1, -0.05) is 37.3 Å². The van der Waals surface area contributed by atoms with Crippen molar-refractivity contribution in [3.8, 4) is 11.3 Å². The second-order valence-corrected chi connectivity index (χ2v) is 8.50. The molecule has 6 heteroatoms. The number of piperazine rings is 1. The van der Waals surface area contributed by atoms with E-state index in [0.29, 0.717) is 0 Å². The Morgan fingerprint density at radius 3 is 2.31 bits per heavy atom. The summed E-state index contributed by atoms with van der Waals surface area (Å²) in [7, 11) is 0. The Morgan fingerprint density at radius 2 is 1.62 bits per heavy atom. The van der Waals surface area contributed by atoms with Gasteiger partial charge in [0.05, 0.1) is 24.4 Å². The van der Waals surface area contributed by atoms with Gasteiger partial charge in [0, 0.05) is 43.1 Å². The molecule has 32 heavy (non-hydrogen) atoms. The SMILES string of the molecule is CCN1CCN(c2ccc(-c3cnc(Nc4c(C)cccc4C)c4cncn34)cc2)CC1. The molecule has 0 radical (unpaired) electrons. The molecular weight excluding hydrogens is 396 g/mol. The number of nitrogens with one attached hydrogen (secondary N) is 1. The maximum absolute atomic E-state index is 4.78. The Labute approximate surface area is 189 Å². The van der Waals surface area contributed by atoms with Crippen LogP contribution in [-0.4, -0.2) is 52.0 Å². The van der Waals surface area contributed by atoms with Crippen molar-refractivity contribution in [2.45, 2.75) is 20.8 Å². The van der Waals surface area contributed by atoms with Gasteiger partial charge in [0.25, 0.3) is 0 Å². The van der Waals surface area contributed by atoms with E-state index < -0.39 is 0 Å². The highest BCUT2D eigenvalue weighted by atomic mass is 15.3. The first-order valence-electron chi connectivity index (χ1n) is 11.4. The van der Waals surface area contributed by atoms with Gasteiger partial charge < -0.3 is 15.1 Å². The lowest BCUT2D eigenvalue weighted by molar-refractivity contribution is 0.271. The lowest BCUT2D eigenvalue weighted by Crippen LogP contribution is -2.46. The van der Waals surface area contributed by atoms with Crippen LogP contribution in [0.3, 0.4) is 0 Å². The quantitative estimate of drug-likeness (QED) is 0.492. The van der Waals surface area contributed by atoms with Gasteiger partial charge >= 0.3 is 0 Å². The summed E-state index contributed by atoms with van der Waals surface area (Å²) in [5.41, 5.74) is 7.91. The van der Waals surface area contributed by atoms with Gasteiger partial charge in [0.1, 0.15) is 5.52 Å². The number of benzene rings is 2. The Balaban J connectivity index is 1.42. The summed E-state index contributed by atoms with van der Waals surface area (Å²) in [6.45, 7) is 12.0. The molecule has 0 atom stereocenters. The Bertz CT molecular complexity index is 1200. The Kier molecular flexibility index (Phi) is 5.53. The molecule has 2 aromatic carbocycles. The third-order valence-electron chi connectivity index (χ3n) is 6.53. The molecule has 0 amide bonds. The zero-order chi connectivity index (χ0) is 22.1. The number of anilines is 3. The molecule has 1 aliphatic rings. The predicted octanol–water partition coefficient (Wildman–Crippen LogP) is 4.90. The smallest absolute Gasteiger partial charge is 0.156 e. The van der Waals surface area contributed by atoms with E-state index in [1.807, 2.05) is 18.7 Å². The summed E-state index contributed by atoms with van der Waals surface area (Å²) in [4.78, 5) is 14.2. The minimum atomic E-state index is 0.814. The normalized spacial score (nSPS) is 14.8. The van der Waals surface area contributed by atoms with Crippen molar-refractivity contribution < 1.29 is 0 Å². The topological polar surface area (TPSA) is 48.7 Å². The minimum absolute atomic E-state index is 0.814. The lowest BCUT2D eigenvalue weighted by Gasteiger charge is -2.35. The van der Waals surface area contributed by atoms with E-state index in [0.717, 1.165) is 61.0 Å². The second-order valence-electron chi connectivity index (χ2n) is 8.50. The number of nitrogens with zero attached hydrogens (tertiary/aromatic N) is 5. The molecule has 0 saturated carbocycles. The monoisotopic (exact) mass is 426 g/mol. The van der Waals surface area contributed by atoms with Crippen molar-refractivity contribution in [3.05, 3.63) is 72.3 Å². The van der Waals surface area contributed by atoms with Crippen molar-refractivity contribution in [2.75, 3.05) is 42.9 Å². The third kappa shape index (κ3) is 3.82. The first kappa shape index (κ1) is 20.5. The summed E-state index contributed by atoms with van der Waals surface area (Å²) in [6.07, 6.45) is 5.66. The number of likely N-dealkylation sites (N-methyl/N-ethyl adjacent to an activating group) is 1. The first-order chi connectivity index (χ1) is 15.6. The third-order valence-corrected chi connectivity index (χ3v) is 6.53. The molecule has 2 aromatic heterocycles. The first-order valence-corrected chi connectivity index (χ1v) is 11.4. The molecule has 0 aliphatic carbocycles. The van der Waals surface area contributed by atoms with Crippen LogP contribution in [0.25, 0.3) is 16.8 Å². The molecule has 1 aliphatic heterocycles. The van der Waals surface area contributed by atoms with Crippen LogP contribution in [-0.2, 0) is 0 Å². The molecule has 5 rings (SSSR count). The number of aryl methyl sites for hydroxylation is 2. The average Bonchev–Trinajstić information content (AvgIpc) is 3.32. The van der Waals surface area contributed by atoms with Crippen LogP contribution < -0.4 is 10.2 Å². The zero-order valence-corrected chi connectivity index (χ0v) is 19.0. The van der Waals surface area contributed by atoms with Crippen molar-refractivity contribution in [1.82, 2.24) is 19.3 Å². The van der Waals surface area contributed by atoms with Gasteiger partial charge in [-0.05, 0) is 43.7 Å².